The molecule has 1 amide bonds. The van der Waals surface area contributed by atoms with E-state index in [0.717, 1.165) is 17.0 Å². The highest BCUT2D eigenvalue weighted by Gasteiger charge is 2.40. The molecule has 1 aromatic carbocycles. The molecular formula is C16H18ClN3O2. The lowest BCUT2D eigenvalue weighted by molar-refractivity contribution is -0.121. The minimum absolute atomic E-state index is 0.0655. The molecule has 5 nitrogen and oxygen atoms in total. The zero-order valence-corrected chi connectivity index (χ0v) is 13.1. The summed E-state index contributed by atoms with van der Waals surface area (Å²) in [5.41, 5.74) is 1.12. The van der Waals surface area contributed by atoms with Crippen LogP contribution in [0.3, 0.4) is 0 Å². The van der Waals surface area contributed by atoms with Crippen molar-refractivity contribution >= 4 is 17.5 Å². The first-order chi connectivity index (χ1) is 10.6. The highest BCUT2D eigenvalue weighted by atomic mass is 35.5. The number of hydrogen-bond acceptors (Lipinski definition) is 4. The molecule has 0 radical (unpaired) electrons. The summed E-state index contributed by atoms with van der Waals surface area (Å²) in [6.45, 7) is 1.78. The van der Waals surface area contributed by atoms with Crippen molar-refractivity contribution in [3.63, 3.8) is 0 Å². The Morgan fingerprint density at radius 2 is 2.27 bits per heavy atom. The standard InChI is InChI=1S/C16H18ClN3O2/c1-10-18-16(22-20-10)8-4-7-15(21)19-14-9-12(14)11-5-2-3-6-13(11)17/h2-3,5-6,12,14H,4,7-9H2,1H3,(H,19,21)/t12-,14+/m1/s1. The number of benzene rings is 1. The Morgan fingerprint density at radius 1 is 1.45 bits per heavy atom. The van der Waals surface area contributed by atoms with Gasteiger partial charge in [0.25, 0.3) is 0 Å². The normalized spacial score (nSPS) is 19.9. The van der Waals surface area contributed by atoms with Gasteiger partial charge in [0, 0.05) is 29.8 Å². The third-order valence-electron chi connectivity index (χ3n) is 3.81. The maximum Gasteiger partial charge on any atom is 0.226 e. The molecule has 0 bridgehead atoms. The van der Waals surface area contributed by atoms with Crippen molar-refractivity contribution in [1.82, 2.24) is 15.5 Å². The molecule has 0 saturated heterocycles. The average Bonchev–Trinajstić information content (AvgIpc) is 3.11. The summed E-state index contributed by atoms with van der Waals surface area (Å²) < 4.78 is 5.02. The number of rotatable bonds is 6. The molecule has 1 aromatic heterocycles. The summed E-state index contributed by atoms with van der Waals surface area (Å²) in [6, 6.07) is 8.02. The van der Waals surface area contributed by atoms with E-state index in [-0.39, 0.29) is 11.9 Å². The smallest absolute Gasteiger partial charge is 0.226 e. The van der Waals surface area contributed by atoms with Gasteiger partial charge in [0.1, 0.15) is 0 Å². The SMILES string of the molecule is Cc1noc(CCCC(=O)N[C@H]2C[C@@H]2c2ccccc2Cl)n1. The lowest BCUT2D eigenvalue weighted by Gasteiger charge is -2.05. The molecule has 6 heteroatoms. The monoisotopic (exact) mass is 319 g/mol. The fraction of sp³-hybridized carbons (Fsp3) is 0.438. The summed E-state index contributed by atoms with van der Waals surface area (Å²) in [5.74, 6) is 1.62. The molecule has 0 aliphatic heterocycles. The van der Waals surface area contributed by atoms with Gasteiger partial charge in [-0.3, -0.25) is 4.79 Å². The van der Waals surface area contributed by atoms with Crippen molar-refractivity contribution in [2.24, 2.45) is 0 Å². The first kappa shape index (κ1) is 15.0. The van der Waals surface area contributed by atoms with Gasteiger partial charge in [-0.15, -0.1) is 0 Å². The van der Waals surface area contributed by atoms with Gasteiger partial charge in [0.05, 0.1) is 0 Å². The first-order valence-corrected chi connectivity index (χ1v) is 7.84. The lowest BCUT2D eigenvalue weighted by Crippen LogP contribution is -2.26. The van der Waals surface area contributed by atoms with Crippen LogP contribution in [0.2, 0.25) is 5.02 Å². The molecule has 2 atom stereocenters. The average molecular weight is 320 g/mol. The molecule has 1 N–H and O–H groups in total. The molecule has 1 fully saturated rings. The Morgan fingerprint density at radius 3 is 3.00 bits per heavy atom. The van der Waals surface area contributed by atoms with Crippen LogP contribution in [0.15, 0.2) is 28.8 Å². The Bertz CT molecular complexity index is 671. The molecule has 3 rings (SSSR count). The predicted octanol–water partition coefficient (Wildman–Crippen LogP) is 3.03. The lowest BCUT2D eigenvalue weighted by atomic mass is 10.1. The number of halogens is 1. The van der Waals surface area contributed by atoms with Gasteiger partial charge < -0.3 is 9.84 Å². The summed E-state index contributed by atoms with van der Waals surface area (Å²) in [6.07, 6.45) is 2.76. The Hall–Kier alpha value is -1.88. The fourth-order valence-corrected chi connectivity index (χ4v) is 2.87. The molecule has 1 heterocycles. The molecule has 1 saturated carbocycles. The molecule has 2 aromatic rings. The molecule has 0 unspecified atom stereocenters. The van der Waals surface area contributed by atoms with Crippen LogP contribution in [0.1, 0.15) is 42.5 Å². The topological polar surface area (TPSA) is 68.0 Å². The van der Waals surface area contributed by atoms with Crippen LogP contribution in [0.25, 0.3) is 0 Å². The summed E-state index contributed by atoms with van der Waals surface area (Å²) in [4.78, 5) is 16.1. The van der Waals surface area contributed by atoms with Crippen LogP contribution >= 0.6 is 11.6 Å². The van der Waals surface area contributed by atoms with Crippen LogP contribution in [0.4, 0.5) is 0 Å². The van der Waals surface area contributed by atoms with E-state index in [4.69, 9.17) is 16.1 Å². The number of carbonyl (C=O) groups is 1. The quantitative estimate of drug-likeness (QED) is 0.888. The highest BCUT2D eigenvalue weighted by Crippen LogP contribution is 2.43. The summed E-state index contributed by atoms with van der Waals surface area (Å²) >= 11 is 6.18. The third-order valence-corrected chi connectivity index (χ3v) is 4.15. The number of nitrogens with zero attached hydrogens (tertiary/aromatic N) is 2. The van der Waals surface area contributed by atoms with Gasteiger partial charge in [-0.05, 0) is 31.4 Å². The number of aryl methyl sites for hydroxylation is 2. The predicted molar refractivity (Wildman–Crippen MR) is 82.7 cm³/mol. The van der Waals surface area contributed by atoms with Crippen LogP contribution < -0.4 is 5.32 Å². The molecule has 0 spiro atoms. The number of hydrogen-bond donors (Lipinski definition) is 1. The molecule has 1 aliphatic rings. The van der Waals surface area contributed by atoms with E-state index in [1.165, 1.54) is 0 Å². The maximum atomic E-state index is 11.9. The molecule has 116 valence electrons. The second kappa shape index (κ2) is 6.48. The van der Waals surface area contributed by atoms with Crippen molar-refractivity contribution < 1.29 is 9.32 Å². The van der Waals surface area contributed by atoms with Gasteiger partial charge in [-0.2, -0.15) is 4.98 Å². The van der Waals surface area contributed by atoms with E-state index in [1.807, 2.05) is 24.3 Å². The van der Waals surface area contributed by atoms with E-state index < -0.39 is 0 Å². The zero-order chi connectivity index (χ0) is 15.5. The van der Waals surface area contributed by atoms with E-state index in [2.05, 4.69) is 15.5 Å². The minimum atomic E-state index is 0.0655. The number of nitrogens with one attached hydrogen (secondary N) is 1. The summed E-state index contributed by atoms with van der Waals surface area (Å²) in [5, 5.41) is 7.56. The van der Waals surface area contributed by atoms with E-state index in [9.17, 15) is 4.79 Å². The second-order valence-corrected chi connectivity index (χ2v) is 6.03. The number of amides is 1. The van der Waals surface area contributed by atoms with Crippen LogP contribution in [-0.2, 0) is 11.2 Å². The Labute approximate surface area is 134 Å². The highest BCUT2D eigenvalue weighted by molar-refractivity contribution is 6.31. The summed E-state index contributed by atoms with van der Waals surface area (Å²) in [7, 11) is 0. The number of carbonyl (C=O) groups excluding carboxylic acids is 1. The van der Waals surface area contributed by atoms with Crippen molar-refractivity contribution in [3.8, 4) is 0 Å². The fourth-order valence-electron chi connectivity index (χ4n) is 2.59. The maximum absolute atomic E-state index is 11.9. The van der Waals surface area contributed by atoms with Crippen molar-refractivity contribution in [3.05, 3.63) is 46.6 Å². The van der Waals surface area contributed by atoms with Crippen molar-refractivity contribution in [1.29, 1.82) is 0 Å². The largest absolute Gasteiger partial charge is 0.353 e. The van der Waals surface area contributed by atoms with Crippen LogP contribution in [0, 0.1) is 6.92 Å². The molecule has 22 heavy (non-hydrogen) atoms. The Balaban J connectivity index is 1.41. The van der Waals surface area contributed by atoms with E-state index >= 15 is 0 Å². The Kier molecular flexibility index (Phi) is 4.43. The zero-order valence-electron chi connectivity index (χ0n) is 12.4. The van der Waals surface area contributed by atoms with Crippen LogP contribution in [0.5, 0.6) is 0 Å². The van der Waals surface area contributed by atoms with Gasteiger partial charge in [0.15, 0.2) is 5.82 Å². The molecular weight excluding hydrogens is 302 g/mol. The molecule has 1 aliphatic carbocycles. The first-order valence-electron chi connectivity index (χ1n) is 7.46. The number of aromatic nitrogens is 2. The van der Waals surface area contributed by atoms with Gasteiger partial charge in [0.2, 0.25) is 11.8 Å². The van der Waals surface area contributed by atoms with Crippen molar-refractivity contribution in [2.75, 3.05) is 0 Å². The van der Waals surface area contributed by atoms with Crippen LogP contribution in [-0.4, -0.2) is 22.1 Å². The third kappa shape index (κ3) is 3.65. The van der Waals surface area contributed by atoms with Gasteiger partial charge >= 0.3 is 0 Å². The van der Waals surface area contributed by atoms with Gasteiger partial charge in [-0.1, -0.05) is 35.0 Å². The van der Waals surface area contributed by atoms with Gasteiger partial charge in [-0.25, -0.2) is 0 Å². The second-order valence-electron chi connectivity index (χ2n) is 5.63. The van der Waals surface area contributed by atoms with E-state index in [0.29, 0.717) is 36.9 Å². The van der Waals surface area contributed by atoms with E-state index in [1.54, 1.807) is 6.92 Å². The minimum Gasteiger partial charge on any atom is -0.353 e. The van der Waals surface area contributed by atoms with Crippen molar-refractivity contribution in [2.45, 2.75) is 44.6 Å².